The Morgan fingerprint density at radius 2 is 1.96 bits per heavy atom. The van der Waals surface area contributed by atoms with Gasteiger partial charge in [0.25, 0.3) is 0 Å². The van der Waals surface area contributed by atoms with Crippen molar-refractivity contribution in [3.63, 3.8) is 0 Å². The SMILES string of the molecule is Cc1cc2nc(CNC[C@@H]3CCCN4CCCC[C@H]34)[nH]c2cc1C. The Morgan fingerprint density at radius 1 is 1.12 bits per heavy atom. The Balaban J connectivity index is 1.36. The van der Waals surface area contributed by atoms with E-state index in [1.807, 2.05) is 0 Å². The highest BCUT2D eigenvalue weighted by atomic mass is 15.2. The molecular formula is C20H30N4. The van der Waals surface area contributed by atoms with Gasteiger partial charge in [0.1, 0.15) is 5.82 Å². The van der Waals surface area contributed by atoms with Crippen LogP contribution < -0.4 is 5.32 Å². The Hall–Kier alpha value is -1.39. The molecule has 2 aliphatic heterocycles. The third-order valence-electron chi connectivity index (χ3n) is 6.07. The number of aromatic nitrogens is 2. The number of fused-ring (bicyclic) bond motifs is 2. The monoisotopic (exact) mass is 326 g/mol. The molecule has 0 amide bonds. The second-order valence-corrected chi connectivity index (χ2v) is 7.77. The number of piperidine rings is 2. The van der Waals surface area contributed by atoms with Crippen molar-refractivity contribution >= 4 is 11.0 Å². The van der Waals surface area contributed by atoms with Gasteiger partial charge in [-0.15, -0.1) is 0 Å². The van der Waals surface area contributed by atoms with Crippen LogP contribution in [0.5, 0.6) is 0 Å². The van der Waals surface area contributed by atoms with E-state index in [1.165, 1.54) is 56.3 Å². The van der Waals surface area contributed by atoms with Gasteiger partial charge in [-0.25, -0.2) is 4.98 Å². The van der Waals surface area contributed by atoms with E-state index in [-0.39, 0.29) is 0 Å². The number of aryl methyl sites for hydroxylation is 2. The summed E-state index contributed by atoms with van der Waals surface area (Å²) in [5.74, 6) is 1.87. The lowest BCUT2D eigenvalue weighted by molar-refractivity contribution is 0.0593. The van der Waals surface area contributed by atoms with E-state index in [0.717, 1.165) is 41.9 Å². The highest BCUT2D eigenvalue weighted by Gasteiger charge is 2.32. The molecule has 0 saturated carbocycles. The smallest absolute Gasteiger partial charge is 0.121 e. The van der Waals surface area contributed by atoms with E-state index in [1.54, 1.807) is 0 Å². The molecule has 1 aromatic carbocycles. The summed E-state index contributed by atoms with van der Waals surface area (Å²) in [6.07, 6.45) is 6.96. The predicted molar refractivity (Wildman–Crippen MR) is 99.2 cm³/mol. The molecule has 4 nitrogen and oxygen atoms in total. The molecule has 2 atom stereocenters. The number of hydrogen-bond donors (Lipinski definition) is 2. The van der Waals surface area contributed by atoms with Crippen LogP contribution in [-0.2, 0) is 6.54 Å². The Morgan fingerprint density at radius 3 is 2.88 bits per heavy atom. The zero-order chi connectivity index (χ0) is 16.5. The summed E-state index contributed by atoms with van der Waals surface area (Å²) in [6, 6.07) is 5.22. The Bertz CT molecular complexity index is 664. The number of nitrogens with zero attached hydrogens (tertiary/aromatic N) is 2. The fourth-order valence-corrected chi connectivity index (χ4v) is 4.60. The predicted octanol–water partition coefficient (Wildman–Crippen LogP) is 3.53. The molecule has 130 valence electrons. The number of imidazole rings is 1. The first-order valence-corrected chi connectivity index (χ1v) is 9.61. The third-order valence-corrected chi connectivity index (χ3v) is 6.07. The quantitative estimate of drug-likeness (QED) is 0.903. The van der Waals surface area contributed by atoms with Crippen LogP contribution >= 0.6 is 0 Å². The molecule has 2 aliphatic rings. The second-order valence-electron chi connectivity index (χ2n) is 7.77. The lowest BCUT2D eigenvalue weighted by Gasteiger charge is -2.44. The molecule has 2 N–H and O–H groups in total. The van der Waals surface area contributed by atoms with E-state index in [2.05, 4.69) is 41.2 Å². The topological polar surface area (TPSA) is 44.0 Å². The molecule has 24 heavy (non-hydrogen) atoms. The molecule has 4 heteroatoms. The molecule has 0 bridgehead atoms. The summed E-state index contributed by atoms with van der Waals surface area (Å²) in [4.78, 5) is 11.0. The minimum Gasteiger partial charge on any atom is -0.341 e. The highest BCUT2D eigenvalue weighted by Crippen LogP contribution is 2.30. The second kappa shape index (κ2) is 6.85. The summed E-state index contributed by atoms with van der Waals surface area (Å²) >= 11 is 0. The highest BCUT2D eigenvalue weighted by molar-refractivity contribution is 5.77. The minimum absolute atomic E-state index is 0.813. The van der Waals surface area contributed by atoms with Crippen LogP contribution in [0.15, 0.2) is 12.1 Å². The first kappa shape index (κ1) is 16.1. The molecule has 2 fully saturated rings. The number of nitrogens with one attached hydrogen (secondary N) is 2. The van der Waals surface area contributed by atoms with Crippen molar-refractivity contribution in [1.29, 1.82) is 0 Å². The van der Waals surface area contributed by atoms with Gasteiger partial charge in [0.05, 0.1) is 17.6 Å². The van der Waals surface area contributed by atoms with Crippen molar-refractivity contribution in [1.82, 2.24) is 20.2 Å². The molecule has 4 rings (SSSR count). The van der Waals surface area contributed by atoms with Crippen LogP contribution in [0.3, 0.4) is 0 Å². The zero-order valence-electron chi connectivity index (χ0n) is 15.1. The Kier molecular flexibility index (Phi) is 4.59. The Labute approximate surface area is 145 Å². The normalized spacial score (nSPS) is 25.1. The summed E-state index contributed by atoms with van der Waals surface area (Å²) in [6.45, 7) is 8.92. The fourth-order valence-electron chi connectivity index (χ4n) is 4.60. The molecule has 2 saturated heterocycles. The number of aromatic amines is 1. The first-order chi connectivity index (χ1) is 11.7. The van der Waals surface area contributed by atoms with E-state index >= 15 is 0 Å². The van der Waals surface area contributed by atoms with Crippen LogP contribution in [0, 0.1) is 19.8 Å². The van der Waals surface area contributed by atoms with Gasteiger partial charge in [-0.2, -0.15) is 0 Å². The van der Waals surface area contributed by atoms with Gasteiger partial charge in [0.15, 0.2) is 0 Å². The largest absolute Gasteiger partial charge is 0.341 e. The number of benzene rings is 1. The van der Waals surface area contributed by atoms with Crippen LogP contribution in [0.2, 0.25) is 0 Å². The zero-order valence-corrected chi connectivity index (χ0v) is 15.1. The van der Waals surface area contributed by atoms with Crippen molar-refractivity contribution in [2.75, 3.05) is 19.6 Å². The van der Waals surface area contributed by atoms with Gasteiger partial charge < -0.3 is 15.2 Å². The van der Waals surface area contributed by atoms with Crippen LogP contribution in [-0.4, -0.2) is 40.5 Å². The maximum absolute atomic E-state index is 4.75. The lowest BCUT2D eigenvalue weighted by atomic mass is 9.83. The average molecular weight is 326 g/mol. The van der Waals surface area contributed by atoms with Crippen molar-refractivity contribution in [3.05, 3.63) is 29.1 Å². The van der Waals surface area contributed by atoms with Gasteiger partial charge in [0, 0.05) is 6.04 Å². The number of H-pyrrole nitrogens is 1. The van der Waals surface area contributed by atoms with Crippen molar-refractivity contribution in [2.45, 2.75) is 58.5 Å². The maximum Gasteiger partial charge on any atom is 0.121 e. The third kappa shape index (κ3) is 3.22. The molecule has 3 heterocycles. The van der Waals surface area contributed by atoms with E-state index in [0.29, 0.717) is 0 Å². The van der Waals surface area contributed by atoms with Gasteiger partial charge in [-0.1, -0.05) is 6.42 Å². The van der Waals surface area contributed by atoms with E-state index < -0.39 is 0 Å². The van der Waals surface area contributed by atoms with Crippen LogP contribution in [0.1, 0.15) is 49.1 Å². The van der Waals surface area contributed by atoms with Crippen molar-refractivity contribution in [2.24, 2.45) is 5.92 Å². The summed E-state index contributed by atoms with van der Waals surface area (Å²) < 4.78 is 0. The number of hydrogen-bond acceptors (Lipinski definition) is 3. The van der Waals surface area contributed by atoms with Crippen LogP contribution in [0.25, 0.3) is 11.0 Å². The summed E-state index contributed by atoms with van der Waals surface area (Å²) in [7, 11) is 0. The molecule has 1 aromatic heterocycles. The van der Waals surface area contributed by atoms with Gasteiger partial charge in [-0.3, -0.25) is 0 Å². The average Bonchev–Trinajstić information content (AvgIpc) is 2.97. The van der Waals surface area contributed by atoms with Crippen LogP contribution in [0.4, 0.5) is 0 Å². The summed E-state index contributed by atoms with van der Waals surface area (Å²) in [5.41, 5.74) is 4.88. The fraction of sp³-hybridized carbons (Fsp3) is 0.650. The first-order valence-electron chi connectivity index (χ1n) is 9.61. The summed E-state index contributed by atoms with van der Waals surface area (Å²) in [5, 5.41) is 3.67. The molecule has 2 aromatic rings. The van der Waals surface area contributed by atoms with Gasteiger partial charge in [0.2, 0.25) is 0 Å². The maximum atomic E-state index is 4.75. The minimum atomic E-state index is 0.813. The molecule has 0 radical (unpaired) electrons. The molecular weight excluding hydrogens is 296 g/mol. The lowest BCUT2D eigenvalue weighted by Crippen LogP contribution is -2.50. The number of rotatable bonds is 4. The van der Waals surface area contributed by atoms with E-state index in [4.69, 9.17) is 4.98 Å². The molecule has 0 aliphatic carbocycles. The van der Waals surface area contributed by atoms with Gasteiger partial charge in [-0.05, 0) is 88.3 Å². The van der Waals surface area contributed by atoms with Gasteiger partial charge >= 0.3 is 0 Å². The molecule has 0 unspecified atom stereocenters. The molecule has 0 spiro atoms. The standard InChI is InChI=1S/C20H30N4/c1-14-10-17-18(11-15(14)2)23-20(22-17)13-21-12-16-6-5-9-24-8-4-3-7-19(16)24/h10-11,16,19,21H,3-9,12-13H2,1-2H3,(H,22,23)/t16-,19+/m0/s1. The van der Waals surface area contributed by atoms with E-state index in [9.17, 15) is 0 Å². The van der Waals surface area contributed by atoms with Crippen molar-refractivity contribution < 1.29 is 0 Å². The van der Waals surface area contributed by atoms with Crippen molar-refractivity contribution in [3.8, 4) is 0 Å².